The van der Waals surface area contributed by atoms with E-state index < -0.39 is 0 Å². The second kappa shape index (κ2) is 6.83. The van der Waals surface area contributed by atoms with Gasteiger partial charge >= 0.3 is 0 Å². The number of hydrogen-bond acceptors (Lipinski definition) is 5. The largest absolute Gasteiger partial charge is 0.495 e. The zero-order valence-corrected chi connectivity index (χ0v) is 14.4. The van der Waals surface area contributed by atoms with Gasteiger partial charge in [0.05, 0.1) is 19.3 Å². The Hall–Kier alpha value is -3.04. The molecular formula is C18H15ClN4O2. The summed E-state index contributed by atoms with van der Waals surface area (Å²) in [5, 5.41) is 13.6. The number of nitrogens with one attached hydrogen (secondary N) is 2. The predicted molar refractivity (Wildman–Crippen MR) is 97.1 cm³/mol. The molecule has 126 valence electrons. The first-order valence-electron chi connectivity index (χ1n) is 7.55. The molecule has 0 bridgehead atoms. The van der Waals surface area contributed by atoms with Crippen LogP contribution in [0.2, 0.25) is 5.02 Å². The molecule has 6 nitrogen and oxygen atoms in total. The van der Waals surface area contributed by atoms with Crippen molar-refractivity contribution >= 4 is 28.3 Å². The Morgan fingerprint density at radius 1 is 1.36 bits per heavy atom. The van der Waals surface area contributed by atoms with Gasteiger partial charge in [-0.25, -0.2) is 4.98 Å². The number of halogens is 1. The van der Waals surface area contributed by atoms with Crippen LogP contribution >= 0.6 is 11.6 Å². The Balaban J connectivity index is 1.94. The van der Waals surface area contributed by atoms with Crippen LogP contribution in [-0.4, -0.2) is 17.1 Å². The van der Waals surface area contributed by atoms with E-state index in [1.165, 1.54) is 13.3 Å². The van der Waals surface area contributed by atoms with Gasteiger partial charge in [0.25, 0.3) is 5.56 Å². The molecule has 1 atom stereocenters. The molecule has 2 aromatic heterocycles. The van der Waals surface area contributed by atoms with Crippen molar-refractivity contribution in [3.63, 3.8) is 0 Å². The van der Waals surface area contributed by atoms with Crippen molar-refractivity contribution in [3.05, 3.63) is 63.0 Å². The van der Waals surface area contributed by atoms with Crippen molar-refractivity contribution in [2.45, 2.75) is 13.0 Å². The first kappa shape index (κ1) is 16.8. The van der Waals surface area contributed by atoms with Crippen molar-refractivity contribution < 1.29 is 4.74 Å². The summed E-state index contributed by atoms with van der Waals surface area (Å²) in [5.41, 5.74) is 1.44. The van der Waals surface area contributed by atoms with Crippen molar-refractivity contribution in [3.8, 4) is 11.8 Å². The lowest BCUT2D eigenvalue weighted by atomic mass is 10.1. The number of ether oxygens (including phenoxy) is 1. The molecule has 0 saturated carbocycles. The lowest BCUT2D eigenvalue weighted by Crippen LogP contribution is -2.19. The van der Waals surface area contributed by atoms with Crippen LogP contribution in [0.4, 0.5) is 5.82 Å². The standard InChI is InChI=1S/C18H15ClN4O2/c1-10(22-17-7-16(25-2)12(8-20)9-21-17)14-6-11-5-13(19)3-4-15(11)23-18(14)24/h3-7,9-10H,1-2H3,(H,21,22)(H,23,24). The molecule has 25 heavy (non-hydrogen) atoms. The van der Waals surface area contributed by atoms with Gasteiger partial charge in [-0.3, -0.25) is 4.79 Å². The van der Waals surface area contributed by atoms with Crippen molar-refractivity contribution in [2.75, 3.05) is 12.4 Å². The number of methoxy groups -OCH3 is 1. The maximum atomic E-state index is 12.4. The minimum atomic E-state index is -0.308. The van der Waals surface area contributed by atoms with E-state index in [1.54, 1.807) is 30.3 Å². The number of hydrogen-bond donors (Lipinski definition) is 2. The highest BCUT2D eigenvalue weighted by molar-refractivity contribution is 6.31. The first-order valence-corrected chi connectivity index (χ1v) is 7.92. The van der Waals surface area contributed by atoms with Crippen LogP contribution < -0.4 is 15.6 Å². The summed E-state index contributed by atoms with van der Waals surface area (Å²) in [6.07, 6.45) is 1.43. The number of rotatable bonds is 4. The summed E-state index contributed by atoms with van der Waals surface area (Å²) in [4.78, 5) is 19.4. The molecule has 0 amide bonds. The number of aromatic amines is 1. The molecule has 7 heteroatoms. The summed E-state index contributed by atoms with van der Waals surface area (Å²) in [7, 11) is 1.49. The maximum absolute atomic E-state index is 12.4. The molecule has 1 aromatic carbocycles. The van der Waals surface area contributed by atoms with Gasteiger partial charge in [-0.15, -0.1) is 0 Å². The Morgan fingerprint density at radius 3 is 2.88 bits per heavy atom. The van der Waals surface area contributed by atoms with Crippen molar-refractivity contribution in [1.29, 1.82) is 5.26 Å². The Labute approximate surface area is 149 Å². The fourth-order valence-electron chi connectivity index (χ4n) is 2.58. The second-order valence-corrected chi connectivity index (χ2v) is 5.97. The van der Waals surface area contributed by atoms with Crippen LogP contribution in [0, 0.1) is 11.3 Å². The summed E-state index contributed by atoms with van der Waals surface area (Å²) in [6.45, 7) is 1.85. The van der Waals surface area contributed by atoms with E-state index in [2.05, 4.69) is 15.3 Å². The Kier molecular flexibility index (Phi) is 4.59. The third-order valence-corrected chi connectivity index (χ3v) is 4.11. The van der Waals surface area contributed by atoms with E-state index in [9.17, 15) is 4.79 Å². The predicted octanol–water partition coefficient (Wildman–Crippen LogP) is 3.63. The highest BCUT2D eigenvalue weighted by Crippen LogP contribution is 2.24. The molecule has 0 fully saturated rings. The molecule has 0 aliphatic heterocycles. The number of benzene rings is 1. The number of pyridine rings is 2. The fraction of sp³-hybridized carbons (Fsp3) is 0.167. The van der Waals surface area contributed by atoms with Crippen LogP contribution in [-0.2, 0) is 0 Å². The lowest BCUT2D eigenvalue weighted by molar-refractivity contribution is 0.413. The number of H-pyrrole nitrogens is 1. The maximum Gasteiger partial charge on any atom is 0.253 e. The Bertz CT molecular complexity index is 1040. The molecule has 1 unspecified atom stereocenters. The van der Waals surface area contributed by atoms with Gasteiger partial charge in [0.1, 0.15) is 23.2 Å². The van der Waals surface area contributed by atoms with Crippen molar-refractivity contribution in [1.82, 2.24) is 9.97 Å². The van der Waals surface area contributed by atoms with Crippen molar-refractivity contribution in [2.24, 2.45) is 0 Å². The number of aromatic nitrogens is 2. The zero-order valence-electron chi connectivity index (χ0n) is 13.6. The number of nitrogens with zero attached hydrogens (tertiary/aromatic N) is 2. The molecule has 3 rings (SSSR count). The van der Waals surface area contributed by atoms with E-state index in [0.717, 1.165) is 10.9 Å². The molecule has 0 aliphatic carbocycles. The summed E-state index contributed by atoms with van der Waals surface area (Å²) < 4.78 is 5.17. The van der Waals surface area contributed by atoms with E-state index >= 15 is 0 Å². The van der Waals surface area contributed by atoms with E-state index in [4.69, 9.17) is 21.6 Å². The first-order chi connectivity index (χ1) is 12.0. The minimum Gasteiger partial charge on any atom is -0.495 e. The molecule has 0 radical (unpaired) electrons. The van der Waals surface area contributed by atoms with Gasteiger partial charge in [-0.2, -0.15) is 5.26 Å². The number of nitriles is 1. The number of anilines is 1. The number of fused-ring (bicyclic) bond motifs is 1. The van der Waals surface area contributed by atoms with Gasteiger partial charge in [0, 0.05) is 27.6 Å². The third-order valence-electron chi connectivity index (χ3n) is 3.87. The SMILES string of the molecule is COc1cc(NC(C)c2cc3cc(Cl)ccc3[nH]c2=O)ncc1C#N. The lowest BCUT2D eigenvalue weighted by Gasteiger charge is -2.15. The van der Waals surface area contributed by atoms with Gasteiger partial charge in [0.15, 0.2) is 0 Å². The fourth-order valence-corrected chi connectivity index (χ4v) is 2.76. The molecular weight excluding hydrogens is 340 g/mol. The second-order valence-electron chi connectivity index (χ2n) is 5.53. The van der Waals surface area contributed by atoms with Gasteiger partial charge < -0.3 is 15.0 Å². The minimum absolute atomic E-state index is 0.185. The molecule has 3 aromatic rings. The Morgan fingerprint density at radius 2 is 2.16 bits per heavy atom. The van der Waals surface area contributed by atoms with E-state index in [0.29, 0.717) is 27.7 Å². The van der Waals surface area contributed by atoms with Crippen LogP contribution in [0.3, 0.4) is 0 Å². The average Bonchev–Trinajstić information content (AvgIpc) is 2.61. The smallest absolute Gasteiger partial charge is 0.253 e. The molecule has 0 saturated heterocycles. The zero-order chi connectivity index (χ0) is 18.0. The summed E-state index contributed by atoms with van der Waals surface area (Å²) >= 11 is 6.02. The van der Waals surface area contributed by atoms with E-state index in [-0.39, 0.29) is 11.6 Å². The van der Waals surface area contributed by atoms with Crippen LogP contribution in [0.1, 0.15) is 24.1 Å². The molecule has 2 heterocycles. The van der Waals surface area contributed by atoms with Gasteiger partial charge in [-0.1, -0.05) is 11.6 Å². The normalized spacial score (nSPS) is 11.8. The summed E-state index contributed by atoms with van der Waals surface area (Å²) in [5.74, 6) is 0.931. The molecule has 2 N–H and O–H groups in total. The van der Waals surface area contributed by atoms with Crippen LogP contribution in [0.15, 0.2) is 41.3 Å². The van der Waals surface area contributed by atoms with Crippen LogP contribution in [0.5, 0.6) is 5.75 Å². The average molecular weight is 355 g/mol. The van der Waals surface area contributed by atoms with Gasteiger partial charge in [0.2, 0.25) is 0 Å². The molecule has 0 aliphatic rings. The monoisotopic (exact) mass is 354 g/mol. The summed E-state index contributed by atoms with van der Waals surface area (Å²) in [6, 6.07) is 10.4. The van der Waals surface area contributed by atoms with E-state index in [1.807, 2.05) is 13.0 Å². The highest BCUT2D eigenvalue weighted by atomic mass is 35.5. The van der Waals surface area contributed by atoms with Crippen LogP contribution in [0.25, 0.3) is 10.9 Å². The molecule has 0 spiro atoms. The quantitative estimate of drug-likeness (QED) is 0.746. The topological polar surface area (TPSA) is 90.8 Å². The van der Waals surface area contributed by atoms with Gasteiger partial charge in [-0.05, 0) is 31.2 Å². The third kappa shape index (κ3) is 3.42. The highest BCUT2D eigenvalue weighted by Gasteiger charge is 2.13.